The average Bonchev–Trinajstić information content (AvgIpc) is 2.50. The number of nitrogens with one attached hydrogen (secondary N) is 3. The third kappa shape index (κ3) is 6.04. The van der Waals surface area contributed by atoms with Gasteiger partial charge < -0.3 is 15.5 Å². The zero-order valence-electron chi connectivity index (χ0n) is 14.2. The molecule has 0 unspecified atom stereocenters. The van der Waals surface area contributed by atoms with Gasteiger partial charge in [-0.1, -0.05) is 0 Å². The number of phenolic OH excluding ortho intramolecular Hbond substituents is 2. The van der Waals surface area contributed by atoms with Crippen LogP contribution in [0.1, 0.15) is 10.4 Å². The van der Waals surface area contributed by atoms with Gasteiger partial charge in [-0.2, -0.15) is 0 Å². The highest BCUT2D eigenvalue weighted by molar-refractivity contribution is 7.92. The van der Waals surface area contributed by atoms with E-state index in [1.54, 1.807) is 0 Å². The Labute approximate surface area is 156 Å². The quantitative estimate of drug-likeness (QED) is 0.348. The average molecular weight is 415 g/mol. The van der Waals surface area contributed by atoms with Crippen LogP contribution in [0.3, 0.4) is 0 Å². The van der Waals surface area contributed by atoms with E-state index in [4.69, 9.17) is 0 Å². The molecular weight excluding hydrogens is 398 g/mol. The third-order valence-electron chi connectivity index (χ3n) is 3.10. The van der Waals surface area contributed by atoms with Gasteiger partial charge >= 0.3 is 0 Å². The van der Waals surface area contributed by atoms with Gasteiger partial charge in [0, 0.05) is 11.3 Å². The Hall–Kier alpha value is -2.99. The molecule has 1 amide bonds. The number of carbonyl (C=O) groups is 1. The minimum Gasteiger partial charge on any atom is -0.506 e. The molecule has 0 radical (unpaired) electrons. The second-order valence-electron chi connectivity index (χ2n) is 5.67. The number of anilines is 3. The fourth-order valence-electron chi connectivity index (χ4n) is 2.06. The largest absolute Gasteiger partial charge is 0.506 e. The summed E-state index contributed by atoms with van der Waals surface area (Å²) < 4.78 is 49.4. The van der Waals surface area contributed by atoms with Crippen molar-refractivity contribution in [3.8, 4) is 11.5 Å². The monoisotopic (exact) mass is 415 g/mol. The lowest BCUT2D eigenvalue weighted by Crippen LogP contribution is -2.14. The number of benzene rings is 2. The van der Waals surface area contributed by atoms with E-state index >= 15 is 0 Å². The van der Waals surface area contributed by atoms with Crippen molar-refractivity contribution in [2.75, 3.05) is 27.3 Å². The highest BCUT2D eigenvalue weighted by atomic mass is 32.2. The second kappa shape index (κ2) is 7.32. The molecule has 0 spiro atoms. The first kappa shape index (κ1) is 20.3. The molecule has 0 fully saturated rings. The molecule has 0 saturated heterocycles. The maximum absolute atomic E-state index is 12.4. The molecular formula is C15H17N3O7S2. The van der Waals surface area contributed by atoms with Gasteiger partial charge in [-0.25, -0.2) is 16.8 Å². The van der Waals surface area contributed by atoms with Crippen molar-refractivity contribution in [2.45, 2.75) is 0 Å². The van der Waals surface area contributed by atoms with Crippen LogP contribution in [0.2, 0.25) is 0 Å². The van der Waals surface area contributed by atoms with Gasteiger partial charge in [0.1, 0.15) is 11.5 Å². The maximum atomic E-state index is 12.4. The molecule has 0 atom stereocenters. The Morgan fingerprint density at radius 2 is 1.30 bits per heavy atom. The lowest BCUT2D eigenvalue weighted by molar-refractivity contribution is 0.102. The molecule has 0 bridgehead atoms. The van der Waals surface area contributed by atoms with E-state index in [1.807, 2.05) is 0 Å². The molecule has 2 aromatic carbocycles. The second-order valence-corrected chi connectivity index (χ2v) is 9.16. The van der Waals surface area contributed by atoms with E-state index in [2.05, 4.69) is 14.8 Å². The Morgan fingerprint density at radius 1 is 0.815 bits per heavy atom. The molecule has 2 rings (SSSR count). The molecule has 0 heterocycles. The minimum atomic E-state index is -3.66. The van der Waals surface area contributed by atoms with Crippen molar-refractivity contribution in [1.82, 2.24) is 0 Å². The van der Waals surface area contributed by atoms with Gasteiger partial charge in [0.05, 0.1) is 23.9 Å². The van der Waals surface area contributed by atoms with E-state index in [-0.39, 0.29) is 34.1 Å². The van der Waals surface area contributed by atoms with Crippen LogP contribution in [0, 0.1) is 0 Å². The summed E-state index contributed by atoms with van der Waals surface area (Å²) in [5.41, 5.74) is -0.0879. The predicted molar refractivity (Wildman–Crippen MR) is 101 cm³/mol. The normalized spacial score (nSPS) is 11.6. The lowest BCUT2D eigenvalue weighted by atomic mass is 10.1. The number of hydrogen-bond donors (Lipinski definition) is 5. The van der Waals surface area contributed by atoms with Crippen LogP contribution in [0.25, 0.3) is 0 Å². The van der Waals surface area contributed by atoms with E-state index < -0.39 is 26.0 Å². The molecule has 0 aliphatic carbocycles. The molecule has 5 N–H and O–H groups in total. The van der Waals surface area contributed by atoms with Crippen LogP contribution < -0.4 is 14.8 Å². The molecule has 10 nitrogen and oxygen atoms in total. The van der Waals surface area contributed by atoms with Crippen LogP contribution in [0.15, 0.2) is 36.4 Å². The highest BCUT2D eigenvalue weighted by Crippen LogP contribution is 2.29. The maximum Gasteiger partial charge on any atom is 0.255 e. The van der Waals surface area contributed by atoms with Crippen LogP contribution in [-0.2, 0) is 20.0 Å². The molecule has 146 valence electrons. The van der Waals surface area contributed by atoms with Crippen LogP contribution in [0.5, 0.6) is 11.5 Å². The summed E-state index contributed by atoms with van der Waals surface area (Å²) in [7, 11) is -7.30. The smallest absolute Gasteiger partial charge is 0.255 e. The summed E-state index contributed by atoms with van der Waals surface area (Å²) in [4.78, 5) is 12.4. The van der Waals surface area contributed by atoms with Gasteiger partial charge in [0.2, 0.25) is 20.0 Å². The number of aromatic hydroxyl groups is 2. The molecule has 27 heavy (non-hydrogen) atoms. The van der Waals surface area contributed by atoms with Crippen molar-refractivity contribution in [2.24, 2.45) is 0 Å². The number of amides is 1. The molecule has 0 aliphatic rings. The Balaban J connectivity index is 2.27. The lowest BCUT2D eigenvalue weighted by Gasteiger charge is -2.11. The van der Waals surface area contributed by atoms with E-state index in [9.17, 15) is 31.8 Å². The Morgan fingerprint density at radius 3 is 1.81 bits per heavy atom. The van der Waals surface area contributed by atoms with E-state index in [1.165, 1.54) is 24.3 Å². The van der Waals surface area contributed by atoms with Gasteiger partial charge in [0.15, 0.2) is 0 Å². The zero-order valence-corrected chi connectivity index (χ0v) is 15.8. The van der Waals surface area contributed by atoms with Crippen molar-refractivity contribution >= 4 is 43.0 Å². The van der Waals surface area contributed by atoms with Crippen LogP contribution >= 0.6 is 0 Å². The van der Waals surface area contributed by atoms with Crippen LogP contribution in [-0.4, -0.2) is 45.5 Å². The number of hydrogen-bond acceptors (Lipinski definition) is 7. The first-order valence-electron chi connectivity index (χ1n) is 7.27. The van der Waals surface area contributed by atoms with Gasteiger partial charge in [0.25, 0.3) is 5.91 Å². The molecule has 12 heteroatoms. The van der Waals surface area contributed by atoms with Crippen molar-refractivity contribution < 1.29 is 31.8 Å². The highest BCUT2D eigenvalue weighted by Gasteiger charge is 2.14. The molecule has 0 aliphatic heterocycles. The fraction of sp³-hybridized carbons (Fsp3) is 0.133. The summed E-state index contributed by atoms with van der Waals surface area (Å²) in [5, 5.41) is 21.9. The van der Waals surface area contributed by atoms with E-state index in [0.29, 0.717) is 0 Å². The fourth-order valence-corrected chi connectivity index (χ4v) is 3.18. The number of phenols is 2. The zero-order chi connectivity index (χ0) is 20.4. The first-order valence-corrected chi connectivity index (χ1v) is 11.1. The summed E-state index contributed by atoms with van der Waals surface area (Å²) in [6, 6.07) is 7.31. The third-order valence-corrected chi connectivity index (χ3v) is 4.29. The summed E-state index contributed by atoms with van der Waals surface area (Å²) >= 11 is 0. The van der Waals surface area contributed by atoms with Crippen molar-refractivity contribution in [3.63, 3.8) is 0 Å². The van der Waals surface area contributed by atoms with E-state index in [0.717, 1.165) is 24.6 Å². The number of carbonyl (C=O) groups excluding carboxylic acids is 1. The summed E-state index contributed by atoms with van der Waals surface area (Å²) in [5.74, 6) is -1.34. The topological polar surface area (TPSA) is 162 Å². The summed E-state index contributed by atoms with van der Waals surface area (Å²) in [6.07, 6.45) is 1.80. The number of rotatable bonds is 6. The number of sulfonamides is 2. The van der Waals surface area contributed by atoms with Crippen molar-refractivity contribution in [3.05, 3.63) is 42.0 Å². The molecule has 0 saturated carbocycles. The van der Waals surface area contributed by atoms with Gasteiger partial charge in [-0.3, -0.25) is 14.2 Å². The summed E-state index contributed by atoms with van der Waals surface area (Å²) in [6.45, 7) is 0. The van der Waals surface area contributed by atoms with Crippen molar-refractivity contribution in [1.29, 1.82) is 0 Å². The minimum absolute atomic E-state index is 0.0321. The van der Waals surface area contributed by atoms with Gasteiger partial charge in [-0.05, 0) is 36.4 Å². The molecule has 2 aromatic rings. The SMILES string of the molecule is CS(=O)(=O)Nc1cc(NC(=O)c2ccc(O)c(NS(C)(=O)=O)c2)ccc1O. The van der Waals surface area contributed by atoms with Gasteiger partial charge in [-0.15, -0.1) is 0 Å². The molecule has 0 aromatic heterocycles. The predicted octanol–water partition coefficient (Wildman–Crippen LogP) is 1.09. The first-order chi connectivity index (χ1) is 12.3. The van der Waals surface area contributed by atoms with Crippen LogP contribution in [0.4, 0.5) is 17.1 Å². The Kier molecular flexibility index (Phi) is 5.51. The standard InChI is InChI=1S/C15H17N3O7S2/c1-26(22,23)17-11-7-9(3-5-13(11)19)15(21)16-10-4-6-14(20)12(8-10)18-27(2,24)25/h3-8,17-20H,1-2H3,(H,16,21). The Bertz CT molecular complexity index is 1100.